The van der Waals surface area contributed by atoms with Crippen LogP contribution in [-0.2, 0) is 29.2 Å². The number of amides is 1. The molecule has 0 bridgehead atoms. The number of para-hydroxylation sites is 1. The van der Waals surface area contributed by atoms with Crippen molar-refractivity contribution in [3.8, 4) is 0 Å². The summed E-state index contributed by atoms with van der Waals surface area (Å²) in [5, 5.41) is 2.94. The number of carbonyl (C=O) groups excluding carboxylic acids is 1. The van der Waals surface area contributed by atoms with Gasteiger partial charge in [0.05, 0.1) is 12.9 Å². The van der Waals surface area contributed by atoms with Crippen LogP contribution in [-0.4, -0.2) is 40.4 Å². The highest BCUT2D eigenvalue weighted by molar-refractivity contribution is 7.86. The van der Waals surface area contributed by atoms with E-state index in [0.29, 0.717) is 12.8 Å². The molecule has 0 fully saturated rings. The van der Waals surface area contributed by atoms with E-state index in [1.165, 1.54) is 7.11 Å². The molecule has 1 N–H and O–H groups in total. The molecule has 0 radical (unpaired) electrons. The van der Waals surface area contributed by atoms with E-state index in [1.54, 1.807) is 0 Å². The van der Waals surface area contributed by atoms with E-state index in [-0.39, 0.29) is 24.3 Å². The van der Waals surface area contributed by atoms with E-state index in [9.17, 15) is 13.2 Å². The fourth-order valence-electron chi connectivity index (χ4n) is 2.54. The van der Waals surface area contributed by atoms with Crippen LogP contribution in [0.15, 0.2) is 24.3 Å². The second kappa shape index (κ2) is 9.31. The zero-order chi connectivity index (χ0) is 19.1. The fraction of sp³-hybridized carbons (Fsp3) is 0.611. The van der Waals surface area contributed by atoms with Gasteiger partial charge in [0.15, 0.2) is 0 Å². The third-order valence-electron chi connectivity index (χ3n) is 3.60. The summed E-state index contributed by atoms with van der Waals surface area (Å²) < 4.78 is 32.4. The molecule has 0 saturated carbocycles. The molecule has 0 saturated heterocycles. The minimum atomic E-state index is -3.55. The van der Waals surface area contributed by atoms with E-state index in [2.05, 4.69) is 26.1 Å². The Labute approximate surface area is 151 Å². The van der Waals surface area contributed by atoms with Crippen molar-refractivity contribution in [3.05, 3.63) is 29.8 Å². The summed E-state index contributed by atoms with van der Waals surface area (Å²) >= 11 is 0. The molecule has 0 aliphatic rings. The number of methoxy groups -OCH3 is 1. The summed E-state index contributed by atoms with van der Waals surface area (Å²) in [4.78, 5) is 12.2. The van der Waals surface area contributed by atoms with Gasteiger partial charge in [0.25, 0.3) is 10.1 Å². The SMILES string of the molecule is COC[C@H](CCCC(=O)Nc1ccccc1C(C)(C)C)OS(C)(=O)=O. The van der Waals surface area contributed by atoms with Gasteiger partial charge in [-0.25, -0.2) is 0 Å². The van der Waals surface area contributed by atoms with Gasteiger partial charge < -0.3 is 10.1 Å². The van der Waals surface area contributed by atoms with Gasteiger partial charge in [-0.3, -0.25) is 8.98 Å². The van der Waals surface area contributed by atoms with Crippen LogP contribution in [0.4, 0.5) is 5.69 Å². The zero-order valence-corrected chi connectivity index (χ0v) is 16.5. The Bertz CT molecular complexity index is 664. The molecule has 0 aliphatic carbocycles. The van der Waals surface area contributed by atoms with Gasteiger partial charge in [-0.1, -0.05) is 39.0 Å². The fourth-order valence-corrected chi connectivity index (χ4v) is 3.19. The molecule has 25 heavy (non-hydrogen) atoms. The lowest BCUT2D eigenvalue weighted by Crippen LogP contribution is -2.23. The molecule has 1 aromatic rings. The normalized spacial score (nSPS) is 13.5. The lowest BCUT2D eigenvalue weighted by atomic mass is 9.86. The summed E-state index contributed by atoms with van der Waals surface area (Å²) in [5.41, 5.74) is 1.80. The maximum atomic E-state index is 12.2. The molecule has 1 aromatic carbocycles. The minimum absolute atomic E-state index is 0.0727. The van der Waals surface area contributed by atoms with E-state index >= 15 is 0 Å². The Morgan fingerprint density at radius 1 is 1.24 bits per heavy atom. The van der Waals surface area contributed by atoms with Crippen LogP contribution in [0, 0.1) is 0 Å². The van der Waals surface area contributed by atoms with E-state index in [4.69, 9.17) is 8.92 Å². The second-order valence-electron chi connectivity index (χ2n) is 7.11. The predicted molar refractivity (Wildman–Crippen MR) is 99.2 cm³/mol. The zero-order valence-electron chi connectivity index (χ0n) is 15.7. The first-order chi connectivity index (χ1) is 11.5. The van der Waals surface area contributed by atoms with E-state index < -0.39 is 16.2 Å². The quantitative estimate of drug-likeness (QED) is 0.675. The van der Waals surface area contributed by atoms with Gasteiger partial charge in [0, 0.05) is 19.2 Å². The van der Waals surface area contributed by atoms with Gasteiger partial charge in [-0.2, -0.15) is 8.42 Å². The Balaban J connectivity index is 2.58. The molecule has 7 heteroatoms. The highest BCUT2D eigenvalue weighted by atomic mass is 32.2. The molecule has 0 aliphatic heterocycles. The number of benzene rings is 1. The molecule has 0 heterocycles. The van der Waals surface area contributed by atoms with Gasteiger partial charge in [0.2, 0.25) is 5.91 Å². The molecular weight excluding hydrogens is 342 g/mol. The molecule has 0 aromatic heterocycles. The number of ether oxygens (including phenoxy) is 1. The number of anilines is 1. The lowest BCUT2D eigenvalue weighted by molar-refractivity contribution is -0.116. The molecule has 1 atom stereocenters. The number of hydrogen-bond donors (Lipinski definition) is 1. The Kier molecular flexibility index (Phi) is 8.05. The topological polar surface area (TPSA) is 81.7 Å². The molecule has 6 nitrogen and oxygen atoms in total. The highest BCUT2D eigenvalue weighted by Crippen LogP contribution is 2.29. The molecular formula is C18H29NO5S. The van der Waals surface area contributed by atoms with Crippen molar-refractivity contribution in [1.29, 1.82) is 0 Å². The van der Waals surface area contributed by atoms with Crippen molar-refractivity contribution >= 4 is 21.7 Å². The maximum absolute atomic E-state index is 12.2. The van der Waals surface area contributed by atoms with Gasteiger partial charge in [0.1, 0.15) is 6.10 Å². The van der Waals surface area contributed by atoms with E-state index in [0.717, 1.165) is 17.5 Å². The van der Waals surface area contributed by atoms with E-state index in [1.807, 2.05) is 24.3 Å². The molecule has 0 unspecified atom stereocenters. The first-order valence-electron chi connectivity index (χ1n) is 8.29. The summed E-state index contributed by atoms with van der Waals surface area (Å²) in [5.74, 6) is -0.104. The monoisotopic (exact) mass is 371 g/mol. The van der Waals surface area contributed by atoms with Crippen molar-refractivity contribution in [3.63, 3.8) is 0 Å². The number of hydrogen-bond acceptors (Lipinski definition) is 5. The van der Waals surface area contributed by atoms with Crippen LogP contribution in [0.1, 0.15) is 45.6 Å². The molecule has 1 rings (SSSR count). The predicted octanol–water partition coefficient (Wildman–Crippen LogP) is 3.08. The summed E-state index contributed by atoms with van der Waals surface area (Å²) in [7, 11) is -2.07. The smallest absolute Gasteiger partial charge is 0.264 e. The van der Waals surface area contributed by atoms with Crippen LogP contribution >= 0.6 is 0 Å². The second-order valence-corrected chi connectivity index (χ2v) is 8.71. The molecule has 0 spiro atoms. The Morgan fingerprint density at radius 2 is 1.88 bits per heavy atom. The van der Waals surface area contributed by atoms with Crippen molar-refractivity contribution < 1.29 is 22.1 Å². The van der Waals surface area contributed by atoms with Crippen molar-refractivity contribution in [2.45, 2.75) is 51.6 Å². The largest absolute Gasteiger partial charge is 0.382 e. The van der Waals surface area contributed by atoms with Crippen LogP contribution in [0.5, 0.6) is 0 Å². The van der Waals surface area contributed by atoms with Gasteiger partial charge >= 0.3 is 0 Å². The van der Waals surface area contributed by atoms with Gasteiger partial charge in [-0.05, 0) is 29.9 Å². The van der Waals surface area contributed by atoms with Crippen molar-refractivity contribution in [2.24, 2.45) is 0 Å². The average Bonchev–Trinajstić information content (AvgIpc) is 2.45. The molecule has 142 valence electrons. The third-order valence-corrected chi connectivity index (χ3v) is 4.22. The standard InChI is InChI=1S/C18H29NO5S/c1-18(2,3)15-10-6-7-11-16(15)19-17(20)12-8-9-14(13-23-4)24-25(5,21)22/h6-7,10-11,14H,8-9,12-13H2,1-5H3,(H,19,20)/t14-/m0/s1. The minimum Gasteiger partial charge on any atom is -0.382 e. The number of carbonyl (C=O) groups is 1. The van der Waals surface area contributed by atoms with Gasteiger partial charge in [-0.15, -0.1) is 0 Å². The van der Waals surface area contributed by atoms with Crippen LogP contribution in [0.25, 0.3) is 0 Å². The summed E-state index contributed by atoms with van der Waals surface area (Å²) in [6.45, 7) is 6.45. The maximum Gasteiger partial charge on any atom is 0.264 e. The first kappa shape index (κ1) is 21.6. The highest BCUT2D eigenvalue weighted by Gasteiger charge is 2.19. The van der Waals surface area contributed by atoms with Crippen LogP contribution < -0.4 is 5.32 Å². The summed E-state index contributed by atoms with van der Waals surface area (Å²) in [6.07, 6.45) is 1.65. The van der Waals surface area contributed by atoms with Crippen LogP contribution in [0.3, 0.4) is 0 Å². The Hall–Kier alpha value is -1.44. The third kappa shape index (κ3) is 8.47. The summed E-state index contributed by atoms with van der Waals surface area (Å²) in [6, 6.07) is 7.73. The van der Waals surface area contributed by atoms with Crippen molar-refractivity contribution in [2.75, 3.05) is 25.3 Å². The average molecular weight is 371 g/mol. The first-order valence-corrected chi connectivity index (χ1v) is 10.1. The Morgan fingerprint density at radius 3 is 2.44 bits per heavy atom. The molecule has 1 amide bonds. The van der Waals surface area contributed by atoms with Crippen molar-refractivity contribution in [1.82, 2.24) is 0 Å². The lowest BCUT2D eigenvalue weighted by Gasteiger charge is -2.23. The number of rotatable bonds is 9. The number of nitrogens with one attached hydrogen (secondary N) is 1. The van der Waals surface area contributed by atoms with Crippen LogP contribution in [0.2, 0.25) is 0 Å².